The van der Waals surface area contributed by atoms with Gasteiger partial charge >= 0.3 is 0 Å². The maximum absolute atomic E-state index is 12.0. The van der Waals surface area contributed by atoms with Crippen LogP contribution in [0.3, 0.4) is 0 Å². The highest BCUT2D eigenvalue weighted by Gasteiger charge is 2.12. The minimum atomic E-state index is -0.0538. The quantitative estimate of drug-likeness (QED) is 0.589. The predicted octanol–water partition coefficient (Wildman–Crippen LogP) is 3.78. The molecule has 0 spiro atoms. The van der Waals surface area contributed by atoms with Crippen LogP contribution in [0.15, 0.2) is 41.1 Å². The van der Waals surface area contributed by atoms with Crippen molar-refractivity contribution in [1.82, 2.24) is 9.97 Å². The van der Waals surface area contributed by atoms with Gasteiger partial charge in [-0.15, -0.1) is 0 Å². The third kappa shape index (κ3) is 4.29. The molecule has 5 heteroatoms. The molecular weight excluding hydrogens is 332 g/mol. The van der Waals surface area contributed by atoms with E-state index in [4.69, 9.17) is 0 Å². The van der Waals surface area contributed by atoms with Gasteiger partial charge in [-0.3, -0.25) is 14.6 Å². The lowest BCUT2D eigenvalue weighted by Gasteiger charge is -2.03. The molecule has 0 amide bonds. The molecule has 108 valence electrons. The highest BCUT2D eigenvalue weighted by molar-refractivity contribution is 9.10. The fourth-order valence-corrected chi connectivity index (χ4v) is 2.34. The number of pyridine rings is 2. The summed E-state index contributed by atoms with van der Waals surface area (Å²) in [5, 5.41) is 0. The standard InChI is InChI=1S/C16H15BrN2O2/c1-11-5-4-10-18-16(11)14(21)8-3-7-13(20)12-6-2-9-15(17)19-12/h2,4-6,9-10H,3,7-8H2,1H3. The van der Waals surface area contributed by atoms with Crippen molar-refractivity contribution in [3.8, 4) is 0 Å². The summed E-state index contributed by atoms with van der Waals surface area (Å²) in [6.45, 7) is 1.86. The third-order valence-electron chi connectivity index (χ3n) is 3.08. The zero-order chi connectivity index (χ0) is 15.2. The molecule has 4 nitrogen and oxygen atoms in total. The van der Waals surface area contributed by atoms with Crippen molar-refractivity contribution in [3.63, 3.8) is 0 Å². The van der Waals surface area contributed by atoms with Crippen LogP contribution in [-0.4, -0.2) is 21.5 Å². The van der Waals surface area contributed by atoms with Crippen molar-refractivity contribution in [2.75, 3.05) is 0 Å². The maximum Gasteiger partial charge on any atom is 0.181 e. The van der Waals surface area contributed by atoms with Crippen molar-refractivity contribution in [2.24, 2.45) is 0 Å². The number of Topliss-reactive ketones (excluding diaryl/α,β-unsaturated/α-hetero) is 2. The summed E-state index contributed by atoms with van der Waals surface area (Å²) in [4.78, 5) is 32.2. The predicted molar refractivity (Wildman–Crippen MR) is 83.4 cm³/mol. The Morgan fingerprint density at radius 2 is 1.86 bits per heavy atom. The Balaban J connectivity index is 1.88. The van der Waals surface area contributed by atoms with Crippen LogP contribution in [0.25, 0.3) is 0 Å². The largest absolute Gasteiger partial charge is 0.292 e. The number of aryl methyl sites for hydroxylation is 1. The average Bonchev–Trinajstić information content (AvgIpc) is 2.47. The number of nitrogens with zero attached hydrogens (tertiary/aromatic N) is 2. The fraction of sp³-hybridized carbons (Fsp3) is 0.250. The van der Waals surface area contributed by atoms with E-state index in [2.05, 4.69) is 25.9 Å². The lowest BCUT2D eigenvalue weighted by Crippen LogP contribution is -2.07. The number of aromatic nitrogens is 2. The molecule has 0 N–H and O–H groups in total. The van der Waals surface area contributed by atoms with E-state index in [0.717, 1.165) is 5.56 Å². The van der Waals surface area contributed by atoms with E-state index in [1.54, 1.807) is 30.5 Å². The summed E-state index contributed by atoms with van der Waals surface area (Å²) in [6.07, 6.45) is 2.73. The molecule has 21 heavy (non-hydrogen) atoms. The van der Waals surface area contributed by atoms with Crippen LogP contribution in [0.5, 0.6) is 0 Å². The third-order valence-corrected chi connectivity index (χ3v) is 3.52. The Morgan fingerprint density at radius 3 is 2.57 bits per heavy atom. The minimum absolute atomic E-state index is 0.0249. The van der Waals surface area contributed by atoms with Gasteiger partial charge in [-0.25, -0.2) is 4.98 Å². The second-order valence-electron chi connectivity index (χ2n) is 4.71. The normalized spacial score (nSPS) is 10.4. The van der Waals surface area contributed by atoms with Crippen molar-refractivity contribution in [1.29, 1.82) is 0 Å². The molecule has 0 bridgehead atoms. The van der Waals surface area contributed by atoms with Crippen LogP contribution < -0.4 is 0 Å². The first-order chi connectivity index (χ1) is 10.1. The highest BCUT2D eigenvalue weighted by atomic mass is 79.9. The second kappa shape index (κ2) is 7.22. The number of ketones is 2. The molecule has 0 aliphatic heterocycles. The SMILES string of the molecule is Cc1cccnc1C(=O)CCCC(=O)c1cccc(Br)n1. The Bertz CT molecular complexity index is 671. The van der Waals surface area contributed by atoms with Crippen LogP contribution in [0.1, 0.15) is 45.8 Å². The molecule has 2 aromatic heterocycles. The van der Waals surface area contributed by atoms with Crippen molar-refractivity contribution >= 4 is 27.5 Å². The summed E-state index contributed by atoms with van der Waals surface area (Å²) in [6, 6.07) is 8.88. The van der Waals surface area contributed by atoms with Gasteiger partial charge in [0, 0.05) is 19.0 Å². The summed E-state index contributed by atoms with van der Waals surface area (Å²) < 4.78 is 0.633. The Kier molecular flexibility index (Phi) is 5.33. The van der Waals surface area contributed by atoms with E-state index < -0.39 is 0 Å². The Morgan fingerprint density at radius 1 is 1.10 bits per heavy atom. The molecule has 0 aromatic carbocycles. The van der Waals surface area contributed by atoms with Gasteiger partial charge in [0.15, 0.2) is 11.6 Å². The molecule has 0 atom stereocenters. The molecule has 0 aliphatic rings. The molecule has 2 aromatic rings. The number of halogens is 1. The first-order valence-corrected chi connectivity index (χ1v) is 7.48. The van der Waals surface area contributed by atoms with Gasteiger partial charge in [0.05, 0.1) is 0 Å². The van der Waals surface area contributed by atoms with E-state index in [0.29, 0.717) is 35.3 Å². The topological polar surface area (TPSA) is 59.9 Å². The molecule has 0 aliphatic carbocycles. The van der Waals surface area contributed by atoms with Gasteiger partial charge in [-0.05, 0) is 53.0 Å². The zero-order valence-corrected chi connectivity index (χ0v) is 13.3. The van der Waals surface area contributed by atoms with Crippen LogP contribution in [0.2, 0.25) is 0 Å². The molecule has 0 unspecified atom stereocenters. The van der Waals surface area contributed by atoms with Gasteiger partial charge < -0.3 is 0 Å². The van der Waals surface area contributed by atoms with E-state index in [-0.39, 0.29) is 11.6 Å². The maximum atomic E-state index is 12.0. The molecule has 0 saturated heterocycles. The summed E-state index contributed by atoms with van der Waals surface area (Å²) in [5.41, 5.74) is 1.78. The number of hydrogen-bond donors (Lipinski definition) is 0. The Hall–Kier alpha value is -1.88. The number of carbonyl (C=O) groups is 2. The van der Waals surface area contributed by atoms with Crippen LogP contribution in [0, 0.1) is 6.92 Å². The molecule has 2 rings (SSSR count). The van der Waals surface area contributed by atoms with Crippen molar-refractivity contribution in [3.05, 3.63) is 58.1 Å². The lowest BCUT2D eigenvalue weighted by molar-refractivity contribution is 0.0951. The summed E-state index contributed by atoms with van der Waals surface area (Å²) in [7, 11) is 0. The smallest absolute Gasteiger partial charge is 0.181 e. The molecule has 0 fully saturated rings. The van der Waals surface area contributed by atoms with Gasteiger partial charge in [0.25, 0.3) is 0 Å². The van der Waals surface area contributed by atoms with Gasteiger partial charge in [-0.1, -0.05) is 12.1 Å². The van der Waals surface area contributed by atoms with Gasteiger partial charge in [-0.2, -0.15) is 0 Å². The molecule has 2 heterocycles. The molecular formula is C16H15BrN2O2. The first-order valence-electron chi connectivity index (χ1n) is 6.68. The summed E-state index contributed by atoms with van der Waals surface area (Å²) in [5.74, 6) is -0.0788. The minimum Gasteiger partial charge on any atom is -0.292 e. The van der Waals surface area contributed by atoms with E-state index in [1.807, 2.05) is 13.0 Å². The van der Waals surface area contributed by atoms with Crippen LogP contribution >= 0.6 is 15.9 Å². The molecule has 0 radical (unpaired) electrons. The number of carbonyl (C=O) groups excluding carboxylic acids is 2. The second-order valence-corrected chi connectivity index (χ2v) is 5.53. The average molecular weight is 347 g/mol. The lowest BCUT2D eigenvalue weighted by atomic mass is 10.0. The number of hydrogen-bond acceptors (Lipinski definition) is 4. The summed E-state index contributed by atoms with van der Waals surface area (Å²) >= 11 is 3.23. The van der Waals surface area contributed by atoms with E-state index in [9.17, 15) is 9.59 Å². The van der Waals surface area contributed by atoms with E-state index >= 15 is 0 Å². The van der Waals surface area contributed by atoms with E-state index in [1.165, 1.54) is 0 Å². The van der Waals surface area contributed by atoms with Gasteiger partial charge in [0.1, 0.15) is 16.0 Å². The fourth-order valence-electron chi connectivity index (χ4n) is 2.00. The van der Waals surface area contributed by atoms with Crippen LogP contribution in [0.4, 0.5) is 0 Å². The first kappa shape index (κ1) is 15.5. The monoisotopic (exact) mass is 346 g/mol. The molecule has 0 saturated carbocycles. The van der Waals surface area contributed by atoms with Crippen molar-refractivity contribution in [2.45, 2.75) is 26.2 Å². The van der Waals surface area contributed by atoms with Crippen molar-refractivity contribution < 1.29 is 9.59 Å². The highest BCUT2D eigenvalue weighted by Crippen LogP contribution is 2.12. The zero-order valence-electron chi connectivity index (χ0n) is 11.7. The number of rotatable bonds is 6. The Labute approximate surface area is 131 Å². The van der Waals surface area contributed by atoms with Gasteiger partial charge in [0.2, 0.25) is 0 Å². The van der Waals surface area contributed by atoms with Crippen LogP contribution in [-0.2, 0) is 0 Å².